The number of aromatic nitrogens is 2. The van der Waals surface area contributed by atoms with Gasteiger partial charge >= 0.3 is 5.97 Å². The van der Waals surface area contributed by atoms with Crippen LogP contribution in [-0.2, 0) is 16.1 Å². The number of nitro groups is 1. The number of carboxylic acids is 1. The largest absolute Gasteiger partial charge is 0.481 e. The molecular formula is C16H16N4O5. The second kappa shape index (κ2) is 8.39. The van der Waals surface area contributed by atoms with Crippen LogP contribution in [0.2, 0.25) is 0 Å². The van der Waals surface area contributed by atoms with Gasteiger partial charge in [0.05, 0.1) is 16.8 Å². The van der Waals surface area contributed by atoms with E-state index in [1.54, 1.807) is 16.9 Å². The molecule has 0 aliphatic heterocycles. The average Bonchev–Trinajstić information content (AvgIpc) is 3.00. The summed E-state index contributed by atoms with van der Waals surface area (Å²) in [6.45, 7) is 0.436. The SMILES string of the molecule is O=C(O)CCCn1cc(NC(=O)/C=C/c2cccc([N+](=O)[O-])c2)cn1. The topological polar surface area (TPSA) is 127 Å². The summed E-state index contributed by atoms with van der Waals surface area (Å²) in [4.78, 5) is 32.5. The van der Waals surface area contributed by atoms with E-state index in [4.69, 9.17) is 5.11 Å². The molecule has 2 rings (SSSR count). The van der Waals surface area contributed by atoms with Crippen LogP contribution in [0.15, 0.2) is 42.7 Å². The van der Waals surface area contributed by atoms with Gasteiger partial charge in [0.25, 0.3) is 5.69 Å². The molecule has 0 aliphatic rings. The van der Waals surface area contributed by atoms with Crippen molar-refractivity contribution in [2.75, 3.05) is 5.32 Å². The van der Waals surface area contributed by atoms with Gasteiger partial charge in [-0.15, -0.1) is 0 Å². The summed E-state index contributed by atoms with van der Waals surface area (Å²) in [5, 5.41) is 25.9. The van der Waals surface area contributed by atoms with E-state index in [1.807, 2.05) is 0 Å². The molecule has 0 saturated heterocycles. The minimum atomic E-state index is -0.869. The van der Waals surface area contributed by atoms with Crippen molar-refractivity contribution < 1.29 is 19.6 Å². The normalized spacial score (nSPS) is 10.7. The van der Waals surface area contributed by atoms with Gasteiger partial charge in [-0.2, -0.15) is 5.10 Å². The number of aliphatic carboxylic acids is 1. The van der Waals surface area contributed by atoms with E-state index in [9.17, 15) is 19.7 Å². The van der Waals surface area contributed by atoms with Gasteiger partial charge in [0.15, 0.2) is 0 Å². The number of anilines is 1. The van der Waals surface area contributed by atoms with Gasteiger partial charge in [-0.3, -0.25) is 24.4 Å². The van der Waals surface area contributed by atoms with E-state index in [-0.39, 0.29) is 12.1 Å². The van der Waals surface area contributed by atoms with Gasteiger partial charge in [-0.25, -0.2) is 0 Å². The van der Waals surface area contributed by atoms with Crippen LogP contribution in [0.1, 0.15) is 18.4 Å². The third kappa shape index (κ3) is 5.90. The molecule has 0 saturated carbocycles. The van der Waals surface area contributed by atoms with Crippen molar-refractivity contribution in [3.63, 3.8) is 0 Å². The van der Waals surface area contributed by atoms with Gasteiger partial charge in [-0.1, -0.05) is 12.1 Å². The Labute approximate surface area is 142 Å². The number of amides is 1. The molecule has 1 aromatic carbocycles. The van der Waals surface area contributed by atoms with Crippen molar-refractivity contribution in [2.24, 2.45) is 0 Å². The first-order valence-electron chi connectivity index (χ1n) is 7.42. The Morgan fingerprint density at radius 3 is 2.92 bits per heavy atom. The summed E-state index contributed by atoms with van der Waals surface area (Å²) < 4.78 is 1.54. The Balaban J connectivity index is 1.89. The van der Waals surface area contributed by atoms with Crippen LogP contribution in [0.4, 0.5) is 11.4 Å². The lowest BCUT2D eigenvalue weighted by Gasteiger charge is -1.99. The fraction of sp³-hybridized carbons (Fsp3) is 0.188. The molecule has 1 amide bonds. The maximum atomic E-state index is 11.9. The zero-order chi connectivity index (χ0) is 18.2. The highest BCUT2D eigenvalue weighted by Crippen LogP contribution is 2.14. The van der Waals surface area contributed by atoms with Crippen molar-refractivity contribution in [3.8, 4) is 0 Å². The first-order chi connectivity index (χ1) is 11.9. The molecule has 0 spiro atoms. The van der Waals surface area contributed by atoms with Gasteiger partial charge in [-0.05, 0) is 18.1 Å². The minimum absolute atomic E-state index is 0.0491. The number of carboxylic acid groups (broad SMARTS) is 1. The van der Waals surface area contributed by atoms with Crippen LogP contribution < -0.4 is 5.32 Å². The number of nitrogens with one attached hydrogen (secondary N) is 1. The molecule has 130 valence electrons. The van der Waals surface area contributed by atoms with Gasteiger partial charge in [0.2, 0.25) is 5.91 Å². The van der Waals surface area contributed by atoms with E-state index in [1.165, 1.54) is 36.5 Å². The third-order valence-corrected chi connectivity index (χ3v) is 3.19. The molecular weight excluding hydrogens is 328 g/mol. The number of carbonyl (C=O) groups excluding carboxylic acids is 1. The quantitative estimate of drug-likeness (QED) is 0.430. The zero-order valence-electron chi connectivity index (χ0n) is 13.2. The van der Waals surface area contributed by atoms with Crippen LogP contribution in [0.3, 0.4) is 0 Å². The summed E-state index contributed by atoms with van der Waals surface area (Å²) in [6.07, 6.45) is 6.28. The first-order valence-corrected chi connectivity index (χ1v) is 7.42. The monoisotopic (exact) mass is 344 g/mol. The van der Waals surface area contributed by atoms with Gasteiger partial charge < -0.3 is 10.4 Å². The van der Waals surface area contributed by atoms with Crippen molar-refractivity contribution >= 4 is 29.3 Å². The number of benzene rings is 1. The molecule has 1 heterocycles. The van der Waals surface area contributed by atoms with E-state index in [2.05, 4.69) is 10.4 Å². The van der Waals surface area contributed by atoms with Crippen LogP contribution >= 0.6 is 0 Å². The third-order valence-electron chi connectivity index (χ3n) is 3.19. The molecule has 9 heteroatoms. The van der Waals surface area contributed by atoms with E-state index < -0.39 is 16.8 Å². The number of hydrogen-bond acceptors (Lipinski definition) is 5. The van der Waals surface area contributed by atoms with E-state index in [0.29, 0.717) is 24.2 Å². The molecule has 2 N–H and O–H groups in total. The maximum Gasteiger partial charge on any atom is 0.303 e. The molecule has 0 radical (unpaired) electrons. The fourth-order valence-corrected chi connectivity index (χ4v) is 2.04. The Morgan fingerprint density at radius 2 is 2.20 bits per heavy atom. The van der Waals surface area contributed by atoms with Gasteiger partial charge in [0, 0.05) is 37.4 Å². The van der Waals surface area contributed by atoms with Crippen LogP contribution in [0.25, 0.3) is 6.08 Å². The minimum Gasteiger partial charge on any atom is -0.481 e. The lowest BCUT2D eigenvalue weighted by Crippen LogP contribution is -2.07. The summed E-state index contributed by atoms with van der Waals surface area (Å²) in [5.41, 5.74) is 0.961. The fourth-order valence-electron chi connectivity index (χ4n) is 2.04. The van der Waals surface area contributed by atoms with Crippen molar-refractivity contribution in [1.82, 2.24) is 9.78 Å². The summed E-state index contributed by atoms with van der Waals surface area (Å²) in [7, 11) is 0. The molecule has 0 fully saturated rings. The predicted molar refractivity (Wildman–Crippen MR) is 89.9 cm³/mol. The molecule has 0 bridgehead atoms. The number of aryl methyl sites for hydroxylation is 1. The first kappa shape index (κ1) is 17.9. The molecule has 9 nitrogen and oxygen atoms in total. The number of non-ortho nitro benzene ring substituents is 1. The molecule has 0 unspecified atom stereocenters. The number of carbonyl (C=O) groups is 2. The number of rotatable bonds is 8. The lowest BCUT2D eigenvalue weighted by molar-refractivity contribution is -0.384. The molecule has 25 heavy (non-hydrogen) atoms. The Hall–Kier alpha value is -3.49. The molecule has 0 aliphatic carbocycles. The molecule has 2 aromatic rings. The Bertz CT molecular complexity index is 812. The van der Waals surface area contributed by atoms with E-state index in [0.717, 1.165) is 0 Å². The second-order valence-corrected chi connectivity index (χ2v) is 5.16. The standard InChI is InChI=1S/C16H16N4O5/c21-15(7-6-12-3-1-4-14(9-12)20(24)25)18-13-10-17-19(11-13)8-2-5-16(22)23/h1,3-4,6-7,9-11H,2,5,8H2,(H,18,21)(H,22,23)/b7-6+. The number of hydrogen-bond donors (Lipinski definition) is 2. The Kier molecular flexibility index (Phi) is 5.99. The lowest BCUT2D eigenvalue weighted by atomic mass is 10.2. The molecule has 1 aromatic heterocycles. The summed E-state index contributed by atoms with van der Waals surface area (Å²) >= 11 is 0. The number of nitro benzene ring substituents is 1. The highest BCUT2D eigenvalue weighted by molar-refractivity contribution is 6.01. The zero-order valence-corrected chi connectivity index (χ0v) is 13.2. The summed E-state index contributed by atoms with van der Waals surface area (Å²) in [6, 6.07) is 5.93. The number of nitrogens with zero attached hydrogens (tertiary/aromatic N) is 3. The Morgan fingerprint density at radius 1 is 1.40 bits per heavy atom. The highest BCUT2D eigenvalue weighted by Gasteiger charge is 2.05. The van der Waals surface area contributed by atoms with Crippen molar-refractivity contribution in [2.45, 2.75) is 19.4 Å². The van der Waals surface area contributed by atoms with Crippen molar-refractivity contribution in [3.05, 3.63) is 58.4 Å². The smallest absolute Gasteiger partial charge is 0.303 e. The molecule has 0 atom stereocenters. The maximum absolute atomic E-state index is 11.9. The van der Waals surface area contributed by atoms with Crippen LogP contribution in [0, 0.1) is 10.1 Å². The van der Waals surface area contributed by atoms with E-state index >= 15 is 0 Å². The highest BCUT2D eigenvalue weighted by atomic mass is 16.6. The van der Waals surface area contributed by atoms with Gasteiger partial charge in [0.1, 0.15) is 0 Å². The van der Waals surface area contributed by atoms with Crippen LogP contribution in [0.5, 0.6) is 0 Å². The van der Waals surface area contributed by atoms with Crippen LogP contribution in [-0.4, -0.2) is 31.7 Å². The second-order valence-electron chi connectivity index (χ2n) is 5.16. The predicted octanol–water partition coefficient (Wildman–Crippen LogP) is 2.31. The average molecular weight is 344 g/mol. The summed E-state index contributed by atoms with van der Waals surface area (Å²) in [5.74, 6) is -1.27. The van der Waals surface area contributed by atoms with Crippen molar-refractivity contribution in [1.29, 1.82) is 0 Å².